The van der Waals surface area contributed by atoms with Gasteiger partial charge in [-0.25, -0.2) is 0 Å². The second-order valence-corrected chi connectivity index (χ2v) is 5.51. The lowest BCUT2D eigenvalue weighted by molar-refractivity contribution is 0.102. The largest absolute Gasteiger partial charge is 0.305 e. The fourth-order valence-electron chi connectivity index (χ4n) is 2.57. The molecule has 0 radical (unpaired) electrons. The van der Waals surface area contributed by atoms with Crippen molar-refractivity contribution < 1.29 is 4.79 Å². The van der Waals surface area contributed by atoms with E-state index >= 15 is 0 Å². The van der Waals surface area contributed by atoms with Gasteiger partial charge in [0.25, 0.3) is 5.91 Å². The van der Waals surface area contributed by atoms with Crippen LogP contribution in [0.25, 0.3) is 0 Å². The molecule has 2 aromatic heterocycles. The van der Waals surface area contributed by atoms with E-state index in [9.17, 15) is 4.79 Å². The molecule has 3 rings (SSSR count). The lowest BCUT2D eigenvalue weighted by Crippen LogP contribution is -2.15. The molecule has 0 bridgehead atoms. The highest BCUT2D eigenvalue weighted by Gasteiger charge is 2.18. The molecule has 23 heavy (non-hydrogen) atoms. The number of anilines is 1. The van der Waals surface area contributed by atoms with Crippen molar-refractivity contribution in [1.29, 1.82) is 0 Å². The highest BCUT2D eigenvalue weighted by molar-refractivity contribution is 6.05. The summed E-state index contributed by atoms with van der Waals surface area (Å²) in [5, 5.41) is 11.5. The van der Waals surface area contributed by atoms with Crippen molar-refractivity contribution in [2.45, 2.75) is 20.4 Å². The number of aryl methyl sites for hydroxylation is 2. The van der Waals surface area contributed by atoms with E-state index < -0.39 is 0 Å². The summed E-state index contributed by atoms with van der Waals surface area (Å²) < 4.78 is 3.51. The molecule has 6 nitrogen and oxygen atoms in total. The van der Waals surface area contributed by atoms with Crippen LogP contribution in [0.4, 0.5) is 5.82 Å². The van der Waals surface area contributed by atoms with E-state index in [2.05, 4.69) is 15.5 Å². The molecule has 0 saturated carbocycles. The summed E-state index contributed by atoms with van der Waals surface area (Å²) in [6, 6.07) is 11.9. The second kappa shape index (κ2) is 6.08. The molecular formula is C17H19N5O. The normalized spacial score (nSPS) is 10.7. The van der Waals surface area contributed by atoms with Gasteiger partial charge < -0.3 is 5.32 Å². The minimum atomic E-state index is -0.182. The SMILES string of the molecule is Cc1nn(C)c(C)c1C(=O)Nc1ccn(Cc2ccccc2)n1. The number of aromatic nitrogens is 4. The van der Waals surface area contributed by atoms with E-state index in [1.807, 2.05) is 57.4 Å². The molecule has 0 spiro atoms. The predicted molar refractivity (Wildman–Crippen MR) is 88.4 cm³/mol. The fourth-order valence-corrected chi connectivity index (χ4v) is 2.57. The summed E-state index contributed by atoms with van der Waals surface area (Å²) in [7, 11) is 1.83. The first-order valence-corrected chi connectivity index (χ1v) is 7.43. The molecule has 0 aliphatic rings. The zero-order chi connectivity index (χ0) is 16.4. The molecular weight excluding hydrogens is 290 g/mol. The highest BCUT2D eigenvalue weighted by Crippen LogP contribution is 2.14. The minimum Gasteiger partial charge on any atom is -0.305 e. The van der Waals surface area contributed by atoms with Crippen molar-refractivity contribution in [3.05, 3.63) is 65.1 Å². The Kier molecular flexibility index (Phi) is 3.97. The van der Waals surface area contributed by atoms with Gasteiger partial charge in [-0.05, 0) is 19.4 Å². The van der Waals surface area contributed by atoms with Crippen LogP contribution in [0.3, 0.4) is 0 Å². The van der Waals surface area contributed by atoms with Crippen LogP contribution in [-0.2, 0) is 13.6 Å². The summed E-state index contributed by atoms with van der Waals surface area (Å²) >= 11 is 0. The van der Waals surface area contributed by atoms with Gasteiger partial charge in [-0.3, -0.25) is 14.2 Å². The highest BCUT2D eigenvalue weighted by atomic mass is 16.1. The molecule has 0 aliphatic heterocycles. The van der Waals surface area contributed by atoms with Gasteiger partial charge in [-0.2, -0.15) is 10.2 Å². The summed E-state index contributed by atoms with van der Waals surface area (Å²) in [6.45, 7) is 4.38. The maximum Gasteiger partial charge on any atom is 0.260 e. The van der Waals surface area contributed by atoms with E-state index in [-0.39, 0.29) is 5.91 Å². The summed E-state index contributed by atoms with van der Waals surface area (Å²) in [5.74, 6) is 0.353. The zero-order valence-corrected chi connectivity index (χ0v) is 13.4. The van der Waals surface area contributed by atoms with Gasteiger partial charge in [0, 0.05) is 25.0 Å². The van der Waals surface area contributed by atoms with E-state index in [0.717, 1.165) is 11.3 Å². The molecule has 0 fully saturated rings. The molecule has 1 amide bonds. The third-order valence-electron chi connectivity index (χ3n) is 3.81. The Bertz CT molecular complexity index is 832. The van der Waals surface area contributed by atoms with Crippen molar-refractivity contribution in [1.82, 2.24) is 19.6 Å². The zero-order valence-electron chi connectivity index (χ0n) is 13.4. The summed E-state index contributed by atoms with van der Waals surface area (Å²) in [6.07, 6.45) is 1.85. The number of carbonyl (C=O) groups excluding carboxylic acids is 1. The van der Waals surface area contributed by atoms with Crippen molar-refractivity contribution in [3.8, 4) is 0 Å². The third kappa shape index (κ3) is 3.15. The third-order valence-corrected chi connectivity index (χ3v) is 3.81. The van der Waals surface area contributed by atoms with Crippen molar-refractivity contribution >= 4 is 11.7 Å². The molecule has 6 heteroatoms. The van der Waals surface area contributed by atoms with Crippen LogP contribution in [0.1, 0.15) is 27.3 Å². The van der Waals surface area contributed by atoms with Crippen molar-refractivity contribution in [2.75, 3.05) is 5.32 Å². The van der Waals surface area contributed by atoms with Crippen LogP contribution < -0.4 is 5.32 Å². The molecule has 1 N–H and O–H groups in total. The maximum atomic E-state index is 12.4. The van der Waals surface area contributed by atoms with Gasteiger partial charge >= 0.3 is 0 Å². The quantitative estimate of drug-likeness (QED) is 0.805. The van der Waals surface area contributed by atoms with Gasteiger partial charge in [0.15, 0.2) is 5.82 Å². The molecule has 118 valence electrons. The Morgan fingerprint density at radius 1 is 1.13 bits per heavy atom. The first-order chi connectivity index (χ1) is 11.0. The number of benzene rings is 1. The second-order valence-electron chi connectivity index (χ2n) is 5.51. The lowest BCUT2D eigenvalue weighted by Gasteiger charge is -2.03. The Labute approximate surface area is 134 Å². The average Bonchev–Trinajstić information content (AvgIpc) is 3.05. The number of nitrogens with one attached hydrogen (secondary N) is 1. The minimum absolute atomic E-state index is 0.182. The standard InChI is InChI=1S/C17H19N5O/c1-12-16(13(2)21(3)19-12)17(23)18-15-9-10-22(20-15)11-14-7-5-4-6-8-14/h4-10H,11H2,1-3H3,(H,18,20,23). The van der Waals surface area contributed by atoms with Gasteiger partial charge in [0.05, 0.1) is 17.8 Å². The fraction of sp³-hybridized carbons (Fsp3) is 0.235. The van der Waals surface area contributed by atoms with Gasteiger partial charge in [-0.15, -0.1) is 0 Å². The molecule has 2 heterocycles. The Morgan fingerprint density at radius 2 is 1.87 bits per heavy atom. The van der Waals surface area contributed by atoms with Crippen LogP contribution in [0.2, 0.25) is 0 Å². The lowest BCUT2D eigenvalue weighted by atomic mass is 10.2. The summed E-state index contributed by atoms with van der Waals surface area (Å²) in [5.41, 5.74) is 3.31. The molecule has 0 atom stereocenters. The van der Waals surface area contributed by atoms with Crippen LogP contribution in [-0.4, -0.2) is 25.5 Å². The number of nitrogens with zero attached hydrogens (tertiary/aromatic N) is 4. The maximum absolute atomic E-state index is 12.4. The topological polar surface area (TPSA) is 64.7 Å². The Hall–Kier alpha value is -2.89. The number of rotatable bonds is 4. The number of amides is 1. The molecule has 0 saturated heterocycles. The van der Waals surface area contributed by atoms with E-state index in [0.29, 0.717) is 23.6 Å². The number of hydrogen-bond acceptors (Lipinski definition) is 3. The van der Waals surface area contributed by atoms with Gasteiger partial charge in [0.1, 0.15) is 0 Å². The summed E-state index contributed by atoms with van der Waals surface area (Å²) in [4.78, 5) is 12.4. The number of carbonyl (C=O) groups is 1. The van der Waals surface area contributed by atoms with Crippen LogP contribution in [0.5, 0.6) is 0 Å². The molecule has 0 aliphatic carbocycles. The Morgan fingerprint density at radius 3 is 2.52 bits per heavy atom. The average molecular weight is 309 g/mol. The molecule has 3 aromatic rings. The van der Waals surface area contributed by atoms with Crippen molar-refractivity contribution in [2.24, 2.45) is 7.05 Å². The predicted octanol–water partition coefficient (Wildman–Crippen LogP) is 2.53. The van der Waals surface area contributed by atoms with Gasteiger partial charge in [-0.1, -0.05) is 30.3 Å². The van der Waals surface area contributed by atoms with Crippen LogP contribution in [0.15, 0.2) is 42.6 Å². The molecule has 0 unspecified atom stereocenters. The van der Waals surface area contributed by atoms with E-state index in [4.69, 9.17) is 0 Å². The first-order valence-electron chi connectivity index (χ1n) is 7.43. The smallest absolute Gasteiger partial charge is 0.260 e. The van der Waals surface area contributed by atoms with Gasteiger partial charge in [0.2, 0.25) is 0 Å². The van der Waals surface area contributed by atoms with Crippen molar-refractivity contribution in [3.63, 3.8) is 0 Å². The first kappa shape index (κ1) is 15.0. The van der Waals surface area contributed by atoms with Crippen LogP contribution >= 0.6 is 0 Å². The Balaban J connectivity index is 1.73. The number of hydrogen-bond donors (Lipinski definition) is 1. The van der Waals surface area contributed by atoms with Crippen LogP contribution in [0, 0.1) is 13.8 Å². The van der Waals surface area contributed by atoms with E-state index in [1.165, 1.54) is 0 Å². The molecule has 1 aromatic carbocycles. The monoisotopic (exact) mass is 309 g/mol. The van der Waals surface area contributed by atoms with E-state index in [1.54, 1.807) is 15.4 Å².